The first-order valence-electron chi connectivity index (χ1n) is 10.7. The molecule has 0 fully saturated rings. The molecule has 1 atom stereocenters. The van der Waals surface area contributed by atoms with Crippen LogP contribution in [0.4, 0.5) is 20.2 Å². The van der Waals surface area contributed by atoms with Gasteiger partial charge in [-0.15, -0.1) is 0 Å². The van der Waals surface area contributed by atoms with Crippen LogP contribution in [0.5, 0.6) is 0 Å². The second-order valence-electron chi connectivity index (χ2n) is 8.16. The summed E-state index contributed by atoms with van der Waals surface area (Å²) in [4.78, 5) is 26.9. The van der Waals surface area contributed by atoms with E-state index in [-0.39, 0.29) is 22.7 Å². The van der Waals surface area contributed by atoms with E-state index in [4.69, 9.17) is 21.8 Å². The molecule has 0 aliphatic rings. The van der Waals surface area contributed by atoms with Crippen LogP contribution in [0.25, 0.3) is 0 Å². The van der Waals surface area contributed by atoms with Crippen molar-refractivity contribution in [3.05, 3.63) is 118 Å². The van der Waals surface area contributed by atoms with Gasteiger partial charge in [0.05, 0.1) is 17.0 Å². The molecule has 0 bridgehead atoms. The monoisotopic (exact) mass is 494 g/mol. The number of Topliss-reactive ketones (excluding diaryl/α,β-unsaturated/α-hetero) is 1. The van der Waals surface area contributed by atoms with Crippen LogP contribution in [0.1, 0.15) is 27.2 Å². The van der Waals surface area contributed by atoms with E-state index < -0.39 is 28.7 Å². The number of carbonyl (C=O) groups is 2. The third-order valence-corrected chi connectivity index (χ3v) is 6.11. The smallest absolute Gasteiger partial charge is 0.236 e. The minimum absolute atomic E-state index is 0.0275. The molecule has 8 heteroatoms. The van der Waals surface area contributed by atoms with Gasteiger partial charge < -0.3 is 15.5 Å². The number of amides is 1. The Bertz CT molecular complexity index is 1390. The van der Waals surface area contributed by atoms with Crippen LogP contribution in [-0.4, -0.2) is 11.7 Å². The number of halogens is 3. The van der Waals surface area contributed by atoms with Crippen molar-refractivity contribution in [2.45, 2.75) is 18.8 Å². The fourth-order valence-corrected chi connectivity index (χ4v) is 4.19. The summed E-state index contributed by atoms with van der Waals surface area (Å²) in [6, 6.07) is 17.7. The van der Waals surface area contributed by atoms with Gasteiger partial charge in [-0.25, -0.2) is 8.78 Å². The lowest BCUT2D eigenvalue weighted by atomic mass is 9.70. The first-order valence-corrected chi connectivity index (χ1v) is 11.0. The number of aryl methyl sites for hydroxylation is 1. The van der Waals surface area contributed by atoms with E-state index in [2.05, 4.69) is 5.32 Å². The average Bonchev–Trinajstić information content (AvgIpc) is 3.32. The standard InChI is InChI=1S/C27H21ClF2N2O3/c1-16-4-6-17(7-5-16)27(26(31)34,15-20-3-2-12-35-20)25(33)21-10-9-19(14-22(21)28)32-24-11-8-18(29)13-23(24)30/h2-14,32H,15H2,1H3,(H2,31,34). The molecule has 0 spiro atoms. The number of anilines is 2. The highest BCUT2D eigenvalue weighted by Crippen LogP contribution is 2.36. The maximum Gasteiger partial charge on any atom is 0.236 e. The predicted molar refractivity (Wildman–Crippen MR) is 130 cm³/mol. The molecular weight excluding hydrogens is 474 g/mol. The van der Waals surface area contributed by atoms with Gasteiger partial charge in [0.1, 0.15) is 22.8 Å². The molecule has 1 aromatic heterocycles. The highest BCUT2D eigenvalue weighted by Gasteiger charge is 2.47. The van der Waals surface area contributed by atoms with Crippen LogP contribution in [0, 0.1) is 18.6 Å². The van der Waals surface area contributed by atoms with Gasteiger partial charge in [0, 0.05) is 23.7 Å². The Morgan fingerprint density at radius 3 is 2.37 bits per heavy atom. The Morgan fingerprint density at radius 1 is 1.03 bits per heavy atom. The number of primary amides is 1. The molecule has 4 aromatic rings. The van der Waals surface area contributed by atoms with Gasteiger partial charge in [0.25, 0.3) is 0 Å². The van der Waals surface area contributed by atoms with Crippen molar-refractivity contribution < 1.29 is 22.8 Å². The SMILES string of the molecule is Cc1ccc(C(Cc2ccco2)(C(N)=O)C(=O)c2ccc(Nc3ccc(F)cc3F)cc2Cl)cc1. The number of rotatable bonds is 8. The van der Waals surface area contributed by atoms with Crippen LogP contribution in [0.15, 0.2) is 83.5 Å². The van der Waals surface area contributed by atoms with E-state index >= 15 is 0 Å². The Morgan fingerprint density at radius 2 is 1.77 bits per heavy atom. The summed E-state index contributed by atoms with van der Waals surface area (Å²) in [6.45, 7) is 1.89. The zero-order valence-corrected chi connectivity index (χ0v) is 19.4. The van der Waals surface area contributed by atoms with Gasteiger partial charge in [-0.05, 0) is 55.0 Å². The fraction of sp³-hybridized carbons (Fsp3) is 0.111. The van der Waals surface area contributed by atoms with Crippen LogP contribution < -0.4 is 11.1 Å². The molecular formula is C27H21ClF2N2O3. The third kappa shape index (κ3) is 4.81. The molecule has 0 saturated heterocycles. The molecule has 1 heterocycles. The van der Waals surface area contributed by atoms with E-state index in [1.54, 1.807) is 36.4 Å². The van der Waals surface area contributed by atoms with Crippen molar-refractivity contribution >= 4 is 34.7 Å². The Labute approximate surface area is 205 Å². The number of ketones is 1. The molecule has 4 rings (SSSR count). The van der Waals surface area contributed by atoms with Gasteiger partial charge in [-0.3, -0.25) is 9.59 Å². The molecule has 0 saturated carbocycles. The summed E-state index contributed by atoms with van der Waals surface area (Å²) in [6.07, 6.45) is 1.34. The first kappa shape index (κ1) is 24.2. The minimum Gasteiger partial charge on any atom is -0.469 e. The number of carbonyl (C=O) groups excluding carboxylic acids is 2. The summed E-state index contributed by atoms with van der Waals surface area (Å²) < 4.78 is 32.7. The lowest BCUT2D eigenvalue weighted by Gasteiger charge is -2.29. The first-order chi connectivity index (χ1) is 16.7. The van der Waals surface area contributed by atoms with Crippen LogP contribution in [0.3, 0.4) is 0 Å². The number of hydrogen-bond acceptors (Lipinski definition) is 4. The Balaban J connectivity index is 1.76. The fourth-order valence-electron chi connectivity index (χ4n) is 3.92. The maximum absolute atomic E-state index is 14.0. The molecule has 5 nitrogen and oxygen atoms in total. The summed E-state index contributed by atoms with van der Waals surface area (Å²) in [7, 11) is 0. The predicted octanol–water partition coefficient (Wildman–Crippen LogP) is 6.11. The molecule has 0 aliphatic heterocycles. The van der Waals surface area contributed by atoms with Gasteiger partial charge in [-0.2, -0.15) is 0 Å². The maximum atomic E-state index is 14.0. The van der Waals surface area contributed by atoms with Crippen molar-refractivity contribution in [1.82, 2.24) is 0 Å². The van der Waals surface area contributed by atoms with E-state index in [9.17, 15) is 18.4 Å². The normalized spacial score (nSPS) is 12.7. The molecule has 35 heavy (non-hydrogen) atoms. The average molecular weight is 495 g/mol. The van der Waals surface area contributed by atoms with E-state index in [0.717, 1.165) is 17.7 Å². The van der Waals surface area contributed by atoms with E-state index in [1.807, 2.05) is 6.92 Å². The molecule has 1 amide bonds. The number of furan rings is 1. The largest absolute Gasteiger partial charge is 0.469 e. The molecule has 1 unspecified atom stereocenters. The highest BCUT2D eigenvalue weighted by molar-refractivity contribution is 6.36. The number of nitrogens with one attached hydrogen (secondary N) is 1. The van der Waals surface area contributed by atoms with Crippen LogP contribution >= 0.6 is 11.6 Å². The highest BCUT2D eigenvalue weighted by atomic mass is 35.5. The number of nitrogens with two attached hydrogens (primary N) is 1. The molecule has 0 radical (unpaired) electrons. The molecule has 3 aromatic carbocycles. The zero-order valence-electron chi connectivity index (χ0n) is 18.6. The second-order valence-corrected chi connectivity index (χ2v) is 8.57. The van der Waals surface area contributed by atoms with Gasteiger partial charge in [-0.1, -0.05) is 41.4 Å². The van der Waals surface area contributed by atoms with E-state index in [1.165, 1.54) is 30.5 Å². The Hall–Kier alpha value is -3.97. The second kappa shape index (κ2) is 9.72. The van der Waals surface area contributed by atoms with Crippen molar-refractivity contribution in [3.8, 4) is 0 Å². The van der Waals surface area contributed by atoms with Crippen molar-refractivity contribution in [2.75, 3.05) is 5.32 Å². The lowest BCUT2D eigenvalue weighted by Crippen LogP contribution is -2.49. The van der Waals surface area contributed by atoms with Gasteiger partial charge in [0.15, 0.2) is 5.78 Å². The molecule has 178 valence electrons. The van der Waals surface area contributed by atoms with E-state index in [0.29, 0.717) is 17.0 Å². The quantitative estimate of drug-likeness (QED) is 0.228. The van der Waals surface area contributed by atoms with Crippen molar-refractivity contribution in [2.24, 2.45) is 5.73 Å². The number of hydrogen-bond donors (Lipinski definition) is 2. The topological polar surface area (TPSA) is 85.3 Å². The van der Waals surface area contributed by atoms with Crippen molar-refractivity contribution in [3.63, 3.8) is 0 Å². The Kier molecular flexibility index (Phi) is 6.71. The van der Waals surface area contributed by atoms with Crippen LogP contribution in [-0.2, 0) is 16.6 Å². The minimum atomic E-state index is -1.78. The third-order valence-electron chi connectivity index (χ3n) is 5.80. The zero-order chi connectivity index (χ0) is 25.2. The summed E-state index contributed by atoms with van der Waals surface area (Å²) >= 11 is 6.47. The van der Waals surface area contributed by atoms with Gasteiger partial charge >= 0.3 is 0 Å². The molecule has 3 N–H and O–H groups in total. The van der Waals surface area contributed by atoms with Crippen LogP contribution in [0.2, 0.25) is 5.02 Å². The lowest BCUT2D eigenvalue weighted by molar-refractivity contribution is -0.122. The summed E-state index contributed by atoms with van der Waals surface area (Å²) in [5.74, 6) is -2.54. The summed E-state index contributed by atoms with van der Waals surface area (Å²) in [5.41, 5.74) is 5.90. The van der Waals surface area contributed by atoms with Crippen molar-refractivity contribution in [1.29, 1.82) is 0 Å². The number of benzene rings is 3. The summed E-state index contributed by atoms with van der Waals surface area (Å²) in [5, 5.41) is 2.83. The van der Waals surface area contributed by atoms with Gasteiger partial charge in [0.2, 0.25) is 5.91 Å². The molecule has 0 aliphatic carbocycles.